The van der Waals surface area contributed by atoms with Crippen LogP contribution in [0.3, 0.4) is 0 Å². The SMILES string of the molecule is Cc1ccc(S(=O)(=O)N2CCCCC2)cc1C(=O)N[C@H]1C[C@H]2CC[C@@H]1C2. The smallest absolute Gasteiger partial charge is 0.251 e. The zero-order chi connectivity index (χ0) is 18.3. The van der Waals surface area contributed by atoms with Crippen molar-refractivity contribution in [2.24, 2.45) is 11.8 Å². The van der Waals surface area contributed by atoms with Crippen molar-refractivity contribution in [3.05, 3.63) is 29.3 Å². The maximum Gasteiger partial charge on any atom is 0.251 e. The molecule has 3 atom stereocenters. The molecule has 0 unspecified atom stereocenters. The molecule has 3 fully saturated rings. The van der Waals surface area contributed by atoms with Gasteiger partial charge in [-0.25, -0.2) is 8.42 Å². The first-order valence-corrected chi connectivity index (χ1v) is 11.3. The lowest BCUT2D eigenvalue weighted by atomic mass is 9.95. The van der Waals surface area contributed by atoms with E-state index in [4.69, 9.17) is 0 Å². The number of piperidine rings is 1. The molecule has 6 heteroatoms. The van der Waals surface area contributed by atoms with Gasteiger partial charge in [0.1, 0.15) is 0 Å². The Morgan fingerprint density at radius 3 is 2.54 bits per heavy atom. The first-order chi connectivity index (χ1) is 12.4. The fraction of sp³-hybridized carbons (Fsp3) is 0.650. The normalized spacial score (nSPS) is 29.0. The lowest BCUT2D eigenvalue weighted by Crippen LogP contribution is -2.39. The molecule has 0 spiro atoms. The zero-order valence-corrected chi connectivity index (χ0v) is 16.2. The van der Waals surface area contributed by atoms with Crippen LogP contribution in [0.25, 0.3) is 0 Å². The number of rotatable bonds is 4. The Morgan fingerprint density at radius 1 is 1.12 bits per heavy atom. The molecule has 1 saturated heterocycles. The minimum absolute atomic E-state index is 0.129. The summed E-state index contributed by atoms with van der Waals surface area (Å²) in [6, 6.07) is 5.21. The van der Waals surface area contributed by atoms with Gasteiger partial charge in [-0.2, -0.15) is 4.31 Å². The van der Waals surface area contributed by atoms with E-state index in [0.717, 1.165) is 37.2 Å². The van der Waals surface area contributed by atoms with E-state index in [-0.39, 0.29) is 16.8 Å². The average molecular weight is 377 g/mol. The van der Waals surface area contributed by atoms with Crippen LogP contribution in [0.1, 0.15) is 60.9 Å². The number of carbonyl (C=O) groups is 1. The van der Waals surface area contributed by atoms with Crippen molar-refractivity contribution in [2.75, 3.05) is 13.1 Å². The molecular weight excluding hydrogens is 348 g/mol. The average Bonchev–Trinajstić information content (AvgIpc) is 3.25. The number of fused-ring (bicyclic) bond motifs is 2. The van der Waals surface area contributed by atoms with Gasteiger partial charge in [0.05, 0.1) is 4.90 Å². The van der Waals surface area contributed by atoms with Crippen molar-refractivity contribution in [3.63, 3.8) is 0 Å². The van der Waals surface area contributed by atoms with Crippen LogP contribution >= 0.6 is 0 Å². The molecule has 1 amide bonds. The van der Waals surface area contributed by atoms with Gasteiger partial charge >= 0.3 is 0 Å². The summed E-state index contributed by atoms with van der Waals surface area (Å²) >= 11 is 0. The lowest BCUT2D eigenvalue weighted by molar-refractivity contribution is 0.0922. The van der Waals surface area contributed by atoms with Crippen LogP contribution in [-0.2, 0) is 10.0 Å². The summed E-state index contributed by atoms with van der Waals surface area (Å²) in [6.45, 7) is 3.01. The molecular formula is C20H28N2O3S. The van der Waals surface area contributed by atoms with Crippen LogP contribution in [0.15, 0.2) is 23.1 Å². The summed E-state index contributed by atoms with van der Waals surface area (Å²) in [7, 11) is -3.52. The largest absolute Gasteiger partial charge is 0.349 e. The van der Waals surface area contributed by atoms with E-state index in [1.165, 1.54) is 19.3 Å². The number of benzene rings is 1. The molecule has 3 aliphatic rings. The molecule has 142 valence electrons. The van der Waals surface area contributed by atoms with Crippen molar-refractivity contribution in [2.45, 2.75) is 62.8 Å². The molecule has 0 radical (unpaired) electrons. The van der Waals surface area contributed by atoms with Gasteiger partial charge < -0.3 is 5.32 Å². The number of nitrogens with zero attached hydrogens (tertiary/aromatic N) is 1. The highest BCUT2D eigenvalue weighted by Gasteiger charge is 2.40. The molecule has 2 aliphatic carbocycles. The summed E-state index contributed by atoms with van der Waals surface area (Å²) < 4.78 is 27.4. The first-order valence-electron chi connectivity index (χ1n) is 9.87. The van der Waals surface area contributed by atoms with Crippen molar-refractivity contribution in [3.8, 4) is 0 Å². The number of nitrogens with one attached hydrogen (secondary N) is 1. The fourth-order valence-corrected chi connectivity index (χ4v) is 6.47. The Hall–Kier alpha value is -1.40. The molecule has 1 aliphatic heterocycles. The maximum absolute atomic E-state index is 12.9. The number of aryl methyl sites for hydroxylation is 1. The van der Waals surface area contributed by atoms with E-state index in [9.17, 15) is 13.2 Å². The number of hydrogen-bond acceptors (Lipinski definition) is 3. The number of carbonyl (C=O) groups excluding carboxylic acids is 1. The number of hydrogen-bond donors (Lipinski definition) is 1. The molecule has 1 aromatic carbocycles. The van der Waals surface area contributed by atoms with Crippen LogP contribution < -0.4 is 5.32 Å². The molecule has 2 saturated carbocycles. The third-order valence-corrected chi connectivity index (χ3v) is 8.36. The molecule has 4 rings (SSSR count). The van der Waals surface area contributed by atoms with E-state index in [1.807, 2.05) is 6.92 Å². The highest BCUT2D eigenvalue weighted by atomic mass is 32.2. The quantitative estimate of drug-likeness (QED) is 0.878. The van der Waals surface area contributed by atoms with Crippen molar-refractivity contribution in [1.29, 1.82) is 0 Å². The van der Waals surface area contributed by atoms with Gasteiger partial charge in [-0.3, -0.25) is 4.79 Å². The minimum Gasteiger partial charge on any atom is -0.349 e. The van der Waals surface area contributed by atoms with Gasteiger partial charge in [-0.15, -0.1) is 0 Å². The summed E-state index contributed by atoms with van der Waals surface area (Å²) in [6.07, 6.45) is 7.69. The highest BCUT2D eigenvalue weighted by Crippen LogP contribution is 2.44. The second-order valence-electron chi connectivity index (χ2n) is 8.20. The predicted octanol–water partition coefficient (Wildman–Crippen LogP) is 3.09. The van der Waals surface area contributed by atoms with Crippen LogP contribution in [0.5, 0.6) is 0 Å². The zero-order valence-electron chi connectivity index (χ0n) is 15.4. The highest BCUT2D eigenvalue weighted by molar-refractivity contribution is 7.89. The van der Waals surface area contributed by atoms with E-state index < -0.39 is 10.0 Å². The molecule has 1 aromatic rings. The van der Waals surface area contributed by atoms with Crippen molar-refractivity contribution in [1.82, 2.24) is 9.62 Å². The van der Waals surface area contributed by atoms with Gasteiger partial charge in [0, 0.05) is 24.7 Å². The summed E-state index contributed by atoms with van der Waals surface area (Å²) in [4.78, 5) is 13.1. The molecule has 2 bridgehead atoms. The molecule has 1 heterocycles. The molecule has 1 N–H and O–H groups in total. The lowest BCUT2D eigenvalue weighted by Gasteiger charge is -2.26. The third-order valence-electron chi connectivity index (χ3n) is 6.46. The molecule has 26 heavy (non-hydrogen) atoms. The summed E-state index contributed by atoms with van der Waals surface area (Å²) in [5.74, 6) is 1.23. The number of amides is 1. The topological polar surface area (TPSA) is 66.5 Å². The second kappa shape index (κ2) is 6.97. The van der Waals surface area contributed by atoms with E-state index in [1.54, 1.807) is 22.5 Å². The van der Waals surface area contributed by atoms with Crippen LogP contribution in [0.4, 0.5) is 0 Å². The fourth-order valence-electron chi connectivity index (χ4n) is 4.93. The van der Waals surface area contributed by atoms with Gasteiger partial charge in [0.15, 0.2) is 0 Å². The Labute approximate surface area is 156 Å². The minimum atomic E-state index is -3.52. The van der Waals surface area contributed by atoms with Crippen molar-refractivity contribution < 1.29 is 13.2 Å². The molecule has 0 aromatic heterocycles. The van der Waals surface area contributed by atoms with Crippen LogP contribution in [0.2, 0.25) is 0 Å². The van der Waals surface area contributed by atoms with E-state index in [2.05, 4.69) is 5.32 Å². The second-order valence-corrected chi connectivity index (χ2v) is 10.1. The monoisotopic (exact) mass is 376 g/mol. The van der Waals surface area contributed by atoms with Crippen molar-refractivity contribution >= 4 is 15.9 Å². The Bertz CT molecular complexity index is 799. The maximum atomic E-state index is 12.9. The van der Waals surface area contributed by atoms with Crippen LogP contribution in [-0.4, -0.2) is 37.8 Å². The van der Waals surface area contributed by atoms with Crippen LogP contribution in [0, 0.1) is 18.8 Å². The standard InChI is InChI=1S/C20H28N2O3S/c1-14-5-8-17(26(24,25)22-9-3-2-4-10-22)13-18(14)20(23)21-19-12-15-6-7-16(19)11-15/h5,8,13,15-16,19H,2-4,6-7,9-12H2,1H3,(H,21,23)/t15-,16+,19-/m0/s1. The van der Waals surface area contributed by atoms with E-state index >= 15 is 0 Å². The Balaban J connectivity index is 1.55. The summed E-state index contributed by atoms with van der Waals surface area (Å²) in [5, 5.41) is 3.18. The van der Waals surface area contributed by atoms with E-state index in [0.29, 0.717) is 24.6 Å². The third kappa shape index (κ3) is 3.29. The van der Waals surface area contributed by atoms with Gasteiger partial charge in [-0.1, -0.05) is 18.9 Å². The first kappa shape index (κ1) is 18.0. The van der Waals surface area contributed by atoms with Gasteiger partial charge in [0.25, 0.3) is 5.91 Å². The Kier molecular flexibility index (Phi) is 4.82. The molecule has 5 nitrogen and oxygen atoms in total. The Morgan fingerprint density at radius 2 is 1.88 bits per heavy atom. The number of sulfonamides is 1. The van der Waals surface area contributed by atoms with Gasteiger partial charge in [-0.05, 0) is 68.6 Å². The summed E-state index contributed by atoms with van der Waals surface area (Å²) in [5.41, 5.74) is 1.31. The van der Waals surface area contributed by atoms with Gasteiger partial charge in [0.2, 0.25) is 10.0 Å². The predicted molar refractivity (Wildman–Crippen MR) is 100 cm³/mol.